The summed E-state index contributed by atoms with van der Waals surface area (Å²) in [5.74, 6) is -1.13. The lowest BCUT2D eigenvalue weighted by Crippen LogP contribution is -2.41. The zero-order chi connectivity index (χ0) is 16.7. The van der Waals surface area contributed by atoms with E-state index in [9.17, 15) is 14.4 Å². The summed E-state index contributed by atoms with van der Waals surface area (Å²) in [4.78, 5) is 34.6. The zero-order valence-corrected chi connectivity index (χ0v) is 13.3. The number of hydrogen-bond donors (Lipinski definition) is 2. The Bertz CT molecular complexity index is 578. The largest absolute Gasteiger partial charge is 0.480 e. The Morgan fingerprint density at radius 1 is 1.36 bits per heavy atom. The number of carbonyl (C=O) groups excluding carboxylic acids is 1. The summed E-state index contributed by atoms with van der Waals surface area (Å²) < 4.78 is 1.54. The molecule has 6 heteroatoms. The number of aryl methyl sites for hydroxylation is 2. The lowest BCUT2D eigenvalue weighted by molar-refractivity contribution is -0.142. The first-order valence-electron chi connectivity index (χ1n) is 7.49. The molecule has 1 atom stereocenters. The van der Waals surface area contributed by atoms with E-state index < -0.39 is 12.0 Å². The molecule has 122 valence electrons. The Morgan fingerprint density at radius 2 is 2.05 bits per heavy atom. The highest BCUT2D eigenvalue weighted by Gasteiger charge is 2.20. The van der Waals surface area contributed by atoms with Crippen molar-refractivity contribution in [1.82, 2.24) is 9.88 Å². The average molecular weight is 308 g/mol. The second-order valence-electron chi connectivity index (χ2n) is 5.93. The predicted octanol–water partition coefficient (Wildman–Crippen LogP) is 1.55. The lowest BCUT2D eigenvalue weighted by atomic mass is 10.0. The van der Waals surface area contributed by atoms with Crippen LogP contribution in [0.5, 0.6) is 0 Å². The van der Waals surface area contributed by atoms with Crippen LogP contribution in [-0.2, 0) is 16.1 Å². The fraction of sp³-hybridized carbons (Fsp3) is 0.562. The quantitative estimate of drug-likeness (QED) is 0.762. The van der Waals surface area contributed by atoms with Crippen molar-refractivity contribution in [3.8, 4) is 0 Å². The standard InChI is InChI=1S/C16H24N2O4/c1-11(2)9-13(16(21)22)17-14(19)5-4-7-18-8-6-12(3)10-15(18)20/h6,8,10-11,13H,4-5,7,9H2,1-3H3,(H,17,19)(H,21,22). The van der Waals surface area contributed by atoms with Crippen molar-refractivity contribution < 1.29 is 14.7 Å². The summed E-state index contributed by atoms with van der Waals surface area (Å²) in [5.41, 5.74) is 0.806. The van der Waals surface area contributed by atoms with Gasteiger partial charge in [-0.3, -0.25) is 9.59 Å². The van der Waals surface area contributed by atoms with Crippen LogP contribution < -0.4 is 10.9 Å². The molecule has 0 aromatic carbocycles. The van der Waals surface area contributed by atoms with Gasteiger partial charge in [0.25, 0.3) is 5.56 Å². The van der Waals surface area contributed by atoms with Gasteiger partial charge in [0.1, 0.15) is 6.04 Å². The van der Waals surface area contributed by atoms with E-state index >= 15 is 0 Å². The molecule has 1 unspecified atom stereocenters. The van der Waals surface area contributed by atoms with Crippen molar-refractivity contribution in [3.63, 3.8) is 0 Å². The topological polar surface area (TPSA) is 88.4 Å². The molecule has 6 nitrogen and oxygen atoms in total. The third kappa shape index (κ3) is 6.11. The summed E-state index contributed by atoms with van der Waals surface area (Å²) in [6.07, 6.45) is 2.79. The van der Waals surface area contributed by atoms with Gasteiger partial charge in [0, 0.05) is 25.2 Å². The highest BCUT2D eigenvalue weighted by atomic mass is 16.4. The van der Waals surface area contributed by atoms with Crippen LogP contribution in [0.1, 0.15) is 38.7 Å². The Labute approximate surface area is 130 Å². The molecular formula is C16H24N2O4. The van der Waals surface area contributed by atoms with Gasteiger partial charge in [-0.05, 0) is 37.3 Å². The van der Waals surface area contributed by atoms with Crippen molar-refractivity contribution in [2.24, 2.45) is 5.92 Å². The molecule has 0 bridgehead atoms. The molecule has 0 saturated carbocycles. The molecule has 1 amide bonds. The van der Waals surface area contributed by atoms with E-state index in [1.165, 1.54) is 0 Å². The molecule has 1 aromatic rings. The third-order valence-corrected chi connectivity index (χ3v) is 3.29. The van der Waals surface area contributed by atoms with E-state index in [2.05, 4.69) is 5.32 Å². The number of rotatable bonds is 8. The average Bonchev–Trinajstić information content (AvgIpc) is 2.40. The molecule has 0 spiro atoms. The number of amides is 1. The highest BCUT2D eigenvalue weighted by Crippen LogP contribution is 2.05. The molecule has 0 aliphatic carbocycles. The summed E-state index contributed by atoms with van der Waals surface area (Å²) >= 11 is 0. The fourth-order valence-corrected chi connectivity index (χ4v) is 2.16. The molecular weight excluding hydrogens is 284 g/mol. The molecule has 0 saturated heterocycles. The Kier molecular flexibility index (Phi) is 6.82. The van der Waals surface area contributed by atoms with Crippen LogP contribution in [0, 0.1) is 12.8 Å². The van der Waals surface area contributed by atoms with Crippen LogP contribution in [0.2, 0.25) is 0 Å². The molecule has 0 radical (unpaired) electrons. The van der Waals surface area contributed by atoms with Gasteiger partial charge in [0.05, 0.1) is 0 Å². The first kappa shape index (κ1) is 17.9. The normalized spacial score (nSPS) is 12.2. The second-order valence-corrected chi connectivity index (χ2v) is 5.93. The smallest absolute Gasteiger partial charge is 0.326 e. The maximum Gasteiger partial charge on any atom is 0.326 e. The van der Waals surface area contributed by atoms with Crippen LogP contribution in [0.4, 0.5) is 0 Å². The van der Waals surface area contributed by atoms with Crippen LogP contribution in [0.15, 0.2) is 23.1 Å². The van der Waals surface area contributed by atoms with E-state index in [1.54, 1.807) is 16.8 Å². The monoisotopic (exact) mass is 308 g/mol. The minimum Gasteiger partial charge on any atom is -0.480 e. The second kappa shape index (κ2) is 8.36. The third-order valence-electron chi connectivity index (χ3n) is 3.29. The van der Waals surface area contributed by atoms with Gasteiger partial charge >= 0.3 is 5.97 Å². The first-order chi connectivity index (χ1) is 10.3. The zero-order valence-electron chi connectivity index (χ0n) is 13.3. The predicted molar refractivity (Wildman–Crippen MR) is 83.7 cm³/mol. The number of nitrogens with one attached hydrogen (secondary N) is 1. The minimum atomic E-state index is -1.02. The number of nitrogens with zero attached hydrogens (tertiary/aromatic N) is 1. The molecule has 1 heterocycles. The number of hydrogen-bond acceptors (Lipinski definition) is 3. The fourth-order valence-electron chi connectivity index (χ4n) is 2.16. The van der Waals surface area contributed by atoms with E-state index in [0.29, 0.717) is 19.4 Å². The SMILES string of the molecule is Cc1ccn(CCCC(=O)NC(CC(C)C)C(=O)O)c(=O)c1. The number of aromatic nitrogens is 1. The van der Waals surface area contributed by atoms with Gasteiger partial charge in [-0.1, -0.05) is 13.8 Å². The summed E-state index contributed by atoms with van der Waals surface area (Å²) in [6.45, 7) is 6.10. The maximum absolute atomic E-state index is 11.8. The van der Waals surface area contributed by atoms with Gasteiger partial charge in [-0.25, -0.2) is 4.79 Å². The molecule has 1 rings (SSSR count). The maximum atomic E-state index is 11.8. The van der Waals surface area contributed by atoms with Crippen LogP contribution in [-0.4, -0.2) is 27.6 Å². The van der Waals surface area contributed by atoms with Crippen LogP contribution in [0.3, 0.4) is 0 Å². The lowest BCUT2D eigenvalue weighted by Gasteiger charge is -2.16. The first-order valence-corrected chi connectivity index (χ1v) is 7.49. The Hall–Kier alpha value is -2.11. The van der Waals surface area contributed by atoms with Gasteiger partial charge in [0.2, 0.25) is 5.91 Å². The van der Waals surface area contributed by atoms with Gasteiger partial charge in [-0.15, -0.1) is 0 Å². The number of pyridine rings is 1. The number of aliphatic carboxylic acids is 1. The summed E-state index contributed by atoms with van der Waals surface area (Å²) in [7, 11) is 0. The highest BCUT2D eigenvalue weighted by molar-refractivity contribution is 5.83. The van der Waals surface area contributed by atoms with Crippen molar-refractivity contribution in [2.45, 2.75) is 52.6 Å². The van der Waals surface area contributed by atoms with Crippen molar-refractivity contribution in [1.29, 1.82) is 0 Å². The molecule has 0 aliphatic heterocycles. The molecule has 22 heavy (non-hydrogen) atoms. The Balaban J connectivity index is 2.45. The molecule has 0 aliphatic rings. The van der Waals surface area contributed by atoms with Crippen molar-refractivity contribution >= 4 is 11.9 Å². The van der Waals surface area contributed by atoms with E-state index in [0.717, 1.165) is 5.56 Å². The van der Waals surface area contributed by atoms with Gasteiger partial charge in [-0.2, -0.15) is 0 Å². The van der Waals surface area contributed by atoms with Crippen LogP contribution >= 0.6 is 0 Å². The summed E-state index contributed by atoms with van der Waals surface area (Å²) in [6, 6.07) is 2.53. The van der Waals surface area contributed by atoms with Crippen molar-refractivity contribution in [2.75, 3.05) is 0 Å². The van der Waals surface area contributed by atoms with E-state index in [-0.39, 0.29) is 23.8 Å². The van der Waals surface area contributed by atoms with Gasteiger partial charge < -0.3 is 15.0 Å². The minimum absolute atomic E-state index is 0.0939. The van der Waals surface area contributed by atoms with Gasteiger partial charge in [0.15, 0.2) is 0 Å². The summed E-state index contributed by atoms with van der Waals surface area (Å²) in [5, 5.41) is 11.6. The number of carbonyl (C=O) groups is 2. The number of carboxylic acids is 1. The van der Waals surface area contributed by atoms with E-state index in [1.807, 2.05) is 26.8 Å². The van der Waals surface area contributed by atoms with Crippen molar-refractivity contribution in [3.05, 3.63) is 34.2 Å². The molecule has 1 aromatic heterocycles. The van der Waals surface area contributed by atoms with E-state index in [4.69, 9.17) is 5.11 Å². The van der Waals surface area contributed by atoms with Crippen LogP contribution in [0.25, 0.3) is 0 Å². The molecule has 0 fully saturated rings. The molecule has 2 N–H and O–H groups in total. The number of carboxylic acid groups (broad SMARTS) is 1. The Morgan fingerprint density at radius 3 is 2.59 bits per heavy atom.